The van der Waals surface area contributed by atoms with Gasteiger partial charge in [-0.05, 0) is 34.3 Å². The predicted octanol–water partition coefficient (Wildman–Crippen LogP) is 2.27. The Bertz CT molecular complexity index is 537. The average molecular weight is 325 g/mol. The van der Waals surface area contributed by atoms with E-state index in [9.17, 15) is 13.2 Å². The van der Waals surface area contributed by atoms with Gasteiger partial charge >= 0.3 is 5.97 Å². The van der Waals surface area contributed by atoms with Gasteiger partial charge in [-0.2, -0.15) is 0 Å². The van der Waals surface area contributed by atoms with Crippen molar-refractivity contribution in [3.05, 3.63) is 22.2 Å². The van der Waals surface area contributed by atoms with Gasteiger partial charge in [-0.15, -0.1) is 11.8 Å². The topological polar surface area (TPSA) is 71.4 Å². The van der Waals surface area contributed by atoms with Crippen molar-refractivity contribution in [3.63, 3.8) is 0 Å². The molecule has 4 nitrogen and oxygen atoms in total. The van der Waals surface area contributed by atoms with E-state index < -0.39 is 15.8 Å². The van der Waals surface area contributed by atoms with E-state index in [0.717, 1.165) is 6.26 Å². The minimum absolute atomic E-state index is 0.137. The zero-order valence-electron chi connectivity index (χ0n) is 8.52. The molecule has 0 heterocycles. The fraction of sp³-hybridized carbons (Fsp3) is 0.222. The van der Waals surface area contributed by atoms with E-state index in [1.54, 1.807) is 6.26 Å². The van der Waals surface area contributed by atoms with Crippen LogP contribution >= 0.6 is 27.7 Å². The first-order chi connectivity index (χ1) is 7.29. The Balaban J connectivity index is 3.75. The summed E-state index contributed by atoms with van der Waals surface area (Å²) in [5, 5.41) is 8.95. The lowest BCUT2D eigenvalue weighted by molar-refractivity contribution is 0.0692. The van der Waals surface area contributed by atoms with Crippen LogP contribution in [0.1, 0.15) is 10.4 Å². The molecule has 1 aromatic rings. The fourth-order valence-electron chi connectivity index (χ4n) is 1.27. The molecule has 0 spiro atoms. The standard InChI is InChI=1S/C9H9BrO4S2/c1-15-7-6(10)4-3-5(9(11)12)8(7)16(2,13)14/h3-4H,1-2H3,(H,11,12). The largest absolute Gasteiger partial charge is 0.478 e. The van der Waals surface area contributed by atoms with Crippen LogP contribution in [0.25, 0.3) is 0 Å². The van der Waals surface area contributed by atoms with Crippen LogP contribution in [0.15, 0.2) is 26.4 Å². The molecule has 7 heteroatoms. The van der Waals surface area contributed by atoms with Crippen LogP contribution in [0.5, 0.6) is 0 Å². The van der Waals surface area contributed by atoms with Crippen LogP contribution < -0.4 is 0 Å². The second-order valence-electron chi connectivity index (χ2n) is 3.03. The fourth-order valence-corrected chi connectivity index (χ4v) is 4.48. The summed E-state index contributed by atoms with van der Waals surface area (Å²) in [6.07, 6.45) is 2.70. The lowest BCUT2D eigenvalue weighted by Gasteiger charge is -2.10. The molecule has 0 saturated carbocycles. The van der Waals surface area contributed by atoms with Crippen molar-refractivity contribution in [3.8, 4) is 0 Å². The lowest BCUT2D eigenvalue weighted by Crippen LogP contribution is -2.09. The third-order valence-corrected chi connectivity index (χ3v) is 4.92. The third kappa shape index (κ3) is 2.58. The summed E-state index contributed by atoms with van der Waals surface area (Å²) in [5.41, 5.74) is -0.199. The number of hydrogen-bond acceptors (Lipinski definition) is 4. The molecule has 0 aliphatic carbocycles. The summed E-state index contributed by atoms with van der Waals surface area (Å²) in [7, 11) is -3.58. The molecule has 0 aromatic heterocycles. The van der Waals surface area contributed by atoms with Crippen molar-refractivity contribution in [2.45, 2.75) is 9.79 Å². The van der Waals surface area contributed by atoms with E-state index in [1.165, 1.54) is 23.9 Å². The van der Waals surface area contributed by atoms with Crippen LogP contribution in [0.3, 0.4) is 0 Å². The van der Waals surface area contributed by atoms with E-state index in [2.05, 4.69) is 15.9 Å². The van der Waals surface area contributed by atoms with Gasteiger partial charge in [0.2, 0.25) is 0 Å². The van der Waals surface area contributed by atoms with Gasteiger partial charge in [0.05, 0.1) is 10.5 Å². The van der Waals surface area contributed by atoms with Gasteiger partial charge in [-0.1, -0.05) is 0 Å². The first-order valence-electron chi connectivity index (χ1n) is 4.09. The normalized spacial score (nSPS) is 11.4. The van der Waals surface area contributed by atoms with Gasteiger partial charge < -0.3 is 5.11 Å². The molecule has 0 unspecified atom stereocenters. The van der Waals surface area contributed by atoms with E-state index in [-0.39, 0.29) is 10.5 Å². The molecule has 0 saturated heterocycles. The summed E-state index contributed by atoms with van der Waals surface area (Å²) in [4.78, 5) is 11.2. The number of carboxylic acids is 1. The Morgan fingerprint density at radius 2 is 2.00 bits per heavy atom. The number of sulfone groups is 1. The maximum absolute atomic E-state index is 11.6. The van der Waals surface area contributed by atoms with Gasteiger partial charge in [-0.3, -0.25) is 0 Å². The van der Waals surface area contributed by atoms with E-state index in [4.69, 9.17) is 5.11 Å². The van der Waals surface area contributed by atoms with Crippen LogP contribution in [-0.2, 0) is 9.84 Å². The molecular formula is C9H9BrO4S2. The molecule has 88 valence electrons. The highest BCUT2D eigenvalue weighted by Gasteiger charge is 2.23. The predicted molar refractivity (Wildman–Crippen MR) is 66.0 cm³/mol. The van der Waals surface area contributed by atoms with Gasteiger partial charge in [0, 0.05) is 15.6 Å². The van der Waals surface area contributed by atoms with Crippen molar-refractivity contribution in [1.29, 1.82) is 0 Å². The van der Waals surface area contributed by atoms with Crippen molar-refractivity contribution >= 4 is 43.5 Å². The van der Waals surface area contributed by atoms with Crippen LogP contribution in [-0.4, -0.2) is 32.0 Å². The number of hydrogen-bond donors (Lipinski definition) is 1. The summed E-state index contributed by atoms with van der Waals surface area (Å²) in [5.74, 6) is -1.25. The molecule has 0 atom stereocenters. The van der Waals surface area contributed by atoms with E-state index in [0.29, 0.717) is 9.37 Å². The van der Waals surface area contributed by atoms with E-state index >= 15 is 0 Å². The molecular weight excluding hydrogens is 316 g/mol. The minimum Gasteiger partial charge on any atom is -0.478 e. The molecule has 0 radical (unpaired) electrons. The summed E-state index contributed by atoms with van der Waals surface area (Å²) in [6.45, 7) is 0. The number of benzene rings is 1. The Hall–Kier alpha value is -0.530. The zero-order chi connectivity index (χ0) is 12.5. The maximum Gasteiger partial charge on any atom is 0.337 e. The molecule has 0 fully saturated rings. The highest BCUT2D eigenvalue weighted by molar-refractivity contribution is 9.10. The lowest BCUT2D eigenvalue weighted by atomic mass is 10.2. The molecule has 16 heavy (non-hydrogen) atoms. The maximum atomic E-state index is 11.6. The first-order valence-corrected chi connectivity index (χ1v) is 7.99. The Morgan fingerprint density at radius 1 is 1.44 bits per heavy atom. The molecule has 0 bridgehead atoms. The van der Waals surface area contributed by atoms with Gasteiger partial charge in [0.1, 0.15) is 0 Å². The molecule has 1 N–H and O–H groups in total. The average Bonchev–Trinajstić information content (AvgIpc) is 2.15. The molecule has 1 aromatic carbocycles. The molecule has 0 amide bonds. The van der Waals surface area contributed by atoms with Crippen molar-refractivity contribution in [2.24, 2.45) is 0 Å². The third-order valence-electron chi connectivity index (χ3n) is 1.87. The van der Waals surface area contributed by atoms with Crippen LogP contribution in [0.4, 0.5) is 0 Å². The second kappa shape index (κ2) is 4.77. The monoisotopic (exact) mass is 324 g/mol. The zero-order valence-corrected chi connectivity index (χ0v) is 11.7. The Kier molecular flexibility index (Phi) is 4.03. The minimum atomic E-state index is -3.58. The molecule has 1 rings (SSSR count). The highest BCUT2D eigenvalue weighted by atomic mass is 79.9. The summed E-state index contributed by atoms with van der Waals surface area (Å²) >= 11 is 4.40. The van der Waals surface area contributed by atoms with E-state index in [1.807, 2.05) is 0 Å². The smallest absolute Gasteiger partial charge is 0.337 e. The van der Waals surface area contributed by atoms with Crippen LogP contribution in [0, 0.1) is 0 Å². The first kappa shape index (κ1) is 13.5. The van der Waals surface area contributed by atoms with Gasteiger partial charge in [0.15, 0.2) is 9.84 Å². The summed E-state index contributed by atoms with van der Waals surface area (Å²) < 4.78 is 23.8. The number of rotatable bonds is 3. The molecule has 0 aliphatic heterocycles. The SMILES string of the molecule is CSc1c(Br)ccc(C(=O)O)c1S(C)(=O)=O. The van der Waals surface area contributed by atoms with Crippen LogP contribution in [0.2, 0.25) is 0 Å². The molecule has 0 aliphatic rings. The number of aromatic carboxylic acids is 1. The second-order valence-corrected chi connectivity index (χ2v) is 6.66. The Morgan fingerprint density at radius 3 is 2.38 bits per heavy atom. The Labute approximate surface area is 106 Å². The van der Waals surface area contributed by atoms with Crippen molar-refractivity contribution in [2.75, 3.05) is 12.5 Å². The van der Waals surface area contributed by atoms with Crippen molar-refractivity contribution in [1.82, 2.24) is 0 Å². The van der Waals surface area contributed by atoms with Crippen molar-refractivity contribution < 1.29 is 18.3 Å². The summed E-state index contributed by atoms with van der Waals surface area (Å²) in [6, 6.07) is 2.81. The van der Waals surface area contributed by atoms with Gasteiger partial charge in [-0.25, -0.2) is 13.2 Å². The highest BCUT2D eigenvalue weighted by Crippen LogP contribution is 2.34. The quantitative estimate of drug-likeness (QED) is 0.863. The number of carbonyl (C=O) groups is 1. The number of halogens is 1. The van der Waals surface area contributed by atoms with Gasteiger partial charge in [0.25, 0.3) is 0 Å². The number of thioether (sulfide) groups is 1. The number of carboxylic acid groups (broad SMARTS) is 1.